The zero-order valence-electron chi connectivity index (χ0n) is 21.7. The third-order valence-electron chi connectivity index (χ3n) is 7.09. The van der Waals surface area contributed by atoms with Gasteiger partial charge in [0.25, 0.3) is 5.91 Å². The number of pyridine rings is 1. The number of thiophene rings is 1. The van der Waals surface area contributed by atoms with Crippen LogP contribution in [0.1, 0.15) is 37.6 Å². The summed E-state index contributed by atoms with van der Waals surface area (Å²) in [7, 11) is 0. The molecule has 2 unspecified atom stereocenters. The molecule has 0 aromatic carbocycles. The van der Waals surface area contributed by atoms with E-state index in [2.05, 4.69) is 36.1 Å². The molecule has 1 aliphatic heterocycles. The SMILES string of the molecule is CCN(CC)C(C)CNC(=O)c1cc(-c2cnn3ccc(-c4cccs4)nc23)nc(N2CCC2C(=O)O)c1. The van der Waals surface area contributed by atoms with Gasteiger partial charge in [0.1, 0.15) is 11.9 Å². The molecule has 1 aliphatic rings. The topological polar surface area (TPSA) is 116 Å². The van der Waals surface area contributed by atoms with E-state index in [9.17, 15) is 14.7 Å². The summed E-state index contributed by atoms with van der Waals surface area (Å²) in [5, 5.41) is 19.1. The van der Waals surface area contributed by atoms with Crippen LogP contribution in [0.2, 0.25) is 0 Å². The van der Waals surface area contributed by atoms with Crippen LogP contribution in [0.4, 0.5) is 5.82 Å². The van der Waals surface area contributed by atoms with Crippen molar-refractivity contribution in [1.29, 1.82) is 0 Å². The van der Waals surface area contributed by atoms with Gasteiger partial charge in [0, 0.05) is 30.9 Å². The summed E-state index contributed by atoms with van der Waals surface area (Å²) in [4.78, 5) is 39.7. The van der Waals surface area contributed by atoms with Gasteiger partial charge in [-0.2, -0.15) is 5.10 Å². The number of aliphatic carboxylic acids is 1. The third-order valence-corrected chi connectivity index (χ3v) is 7.98. The highest BCUT2D eigenvalue weighted by molar-refractivity contribution is 7.13. The molecule has 5 heterocycles. The summed E-state index contributed by atoms with van der Waals surface area (Å²) >= 11 is 1.60. The van der Waals surface area contributed by atoms with E-state index < -0.39 is 12.0 Å². The molecule has 0 bridgehead atoms. The molecule has 0 spiro atoms. The van der Waals surface area contributed by atoms with Gasteiger partial charge >= 0.3 is 5.97 Å². The molecule has 0 saturated carbocycles. The Balaban J connectivity index is 1.52. The lowest BCUT2D eigenvalue weighted by molar-refractivity contribution is -0.140. The lowest BCUT2D eigenvalue weighted by atomic mass is 10.0. The first-order chi connectivity index (χ1) is 18.4. The molecule has 198 valence electrons. The summed E-state index contributed by atoms with van der Waals surface area (Å²) < 4.78 is 1.68. The second kappa shape index (κ2) is 10.9. The number of carboxylic acid groups (broad SMARTS) is 1. The number of fused-ring (bicyclic) bond motifs is 1. The van der Waals surface area contributed by atoms with Crippen LogP contribution in [0.25, 0.3) is 27.5 Å². The average molecular weight is 534 g/mol. The molecule has 2 atom stereocenters. The molecule has 4 aromatic rings. The van der Waals surface area contributed by atoms with Crippen LogP contribution < -0.4 is 10.2 Å². The number of nitrogens with one attached hydrogen (secondary N) is 1. The largest absolute Gasteiger partial charge is 0.480 e. The Morgan fingerprint density at radius 2 is 2.03 bits per heavy atom. The van der Waals surface area contributed by atoms with Crippen molar-refractivity contribution >= 4 is 34.7 Å². The van der Waals surface area contributed by atoms with Crippen LogP contribution in [0, 0.1) is 0 Å². The zero-order valence-corrected chi connectivity index (χ0v) is 22.5. The summed E-state index contributed by atoms with van der Waals surface area (Å²) in [6.07, 6.45) is 4.07. The fourth-order valence-electron chi connectivity index (χ4n) is 4.78. The second-order valence-corrected chi connectivity index (χ2v) is 10.3. The number of nitrogens with zero attached hydrogens (tertiary/aromatic N) is 6. The fraction of sp³-hybridized carbons (Fsp3) is 0.370. The van der Waals surface area contributed by atoms with Crippen molar-refractivity contribution in [3.8, 4) is 21.8 Å². The molecule has 0 aliphatic carbocycles. The molecular weight excluding hydrogens is 502 g/mol. The normalized spacial score (nSPS) is 16.0. The number of carbonyl (C=O) groups is 2. The minimum atomic E-state index is -0.902. The third kappa shape index (κ3) is 4.99. The van der Waals surface area contributed by atoms with Gasteiger partial charge in [-0.05, 0) is 56.1 Å². The van der Waals surface area contributed by atoms with Crippen LogP contribution in [0.3, 0.4) is 0 Å². The molecule has 11 heteroatoms. The van der Waals surface area contributed by atoms with E-state index >= 15 is 0 Å². The minimum Gasteiger partial charge on any atom is -0.480 e. The lowest BCUT2D eigenvalue weighted by Crippen LogP contribution is -2.53. The maximum absolute atomic E-state index is 13.3. The van der Waals surface area contributed by atoms with E-state index in [0.29, 0.717) is 47.8 Å². The lowest BCUT2D eigenvalue weighted by Gasteiger charge is -2.39. The number of likely N-dealkylation sites (N-methyl/N-ethyl adjacent to an activating group) is 1. The van der Waals surface area contributed by atoms with Gasteiger partial charge < -0.3 is 15.3 Å². The van der Waals surface area contributed by atoms with Crippen LogP contribution >= 0.6 is 11.3 Å². The minimum absolute atomic E-state index is 0.181. The highest BCUT2D eigenvalue weighted by Gasteiger charge is 2.35. The van der Waals surface area contributed by atoms with E-state index in [4.69, 9.17) is 9.97 Å². The number of aromatic nitrogens is 4. The van der Waals surface area contributed by atoms with Crippen molar-refractivity contribution in [2.24, 2.45) is 0 Å². The van der Waals surface area contributed by atoms with Gasteiger partial charge in [-0.15, -0.1) is 11.3 Å². The molecule has 0 radical (unpaired) electrons. The highest BCUT2D eigenvalue weighted by atomic mass is 32.1. The summed E-state index contributed by atoms with van der Waals surface area (Å²) in [6, 6.07) is 8.82. The van der Waals surface area contributed by atoms with Crippen molar-refractivity contribution in [3.63, 3.8) is 0 Å². The van der Waals surface area contributed by atoms with Crippen molar-refractivity contribution in [3.05, 3.63) is 53.7 Å². The van der Waals surface area contributed by atoms with Crippen molar-refractivity contribution in [2.75, 3.05) is 31.1 Å². The van der Waals surface area contributed by atoms with E-state index in [1.165, 1.54) is 0 Å². The standard InChI is InChI=1S/C27H31N7O3S/c1-4-32(5-2)17(3)15-28-26(35)18-13-21(30-24(14-18)33-10-9-22(33)27(36)37)19-16-29-34-11-8-20(31-25(19)34)23-7-6-12-38-23/h6-8,11-14,16-17,22H,4-5,9-10,15H2,1-3H3,(H,28,35)(H,36,37). The smallest absolute Gasteiger partial charge is 0.326 e. The van der Waals surface area contributed by atoms with Crippen molar-refractivity contribution < 1.29 is 14.7 Å². The fourth-order valence-corrected chi connectivity index (χ4v) is 5.48. The molecule has 1 saturated heterocycles. The number of amides is 1. The summed E-state index contributed by atoms with van der Waals surface area (Å²) in [5.41, 5.74) is 3.04. The first-order valence-electron chi connectivity index (χ1n) is 12.8. The van der Waals surface area contributed by atoms with E-state index in [-0.39, 0.29) is 11.9 Å². The average Bonchev–Trinajstić information content (AvgIpc) is 3.57. The maximum Gasteiger partial charge on any atom is 0.326 e. The second-order valence-electron chi connectivity index (χ2n) is 9.33. The van der Waals surface area contributed by atoms with Gasteiger partial charge in [0.2, 0.25) is 0 Å². The molecule has 38 heavy (non-hydrogen) atoms. The maximum atomic E-state index is 13.3. The van der Waals surface area contributed by atoms with Crippen LogP contribution in [0.5, 0.6) is 0 Å². The molecule has 5 rings (SSSR count). The number of carbonyl (C=O) groups excluding carboxylic acids is 1. The van der Waals surface area contributed by atoms with Gasteiger partial charge in [-0.1, -0.05) is 19.9 Å². The predicted octanol–water partition coefficient (Wildman–Crippen LogP) is 3.64. The number of hydrogen-bond donors (Lipinski definition) is 2. The van der Waals surface area contributed by atoms with Gasteiger partial charge in [0.05, 0.1) is 28.0 Å². The van der Waals surface area contributed by atoms with E-state index in [1.54, 1.807) is 39.1 Å². The monoisotopic (exact) mass is 533 g/mol. The van der Waals surface area contributed by atoms with Crippen LogP contribution in [0.15, 0.2) is 48.1 Å². The number of rotatable bonds is 10. The Labute approximate surface area is 224 Å². The molecule has 2 N–H and O–H groups in total. The number of hydrogen-bond acceptors (Lipinski definition) is 8. The van der Waals surface area contributed by atoms with Crippen LogP contribution in [-0.2, 0) is 4.79 Å². The number of carboxylic acids is 1. The molecule has 1 amide bonds. The van der Waals surface area contributed by atoms with Gasteiger partial charge in [0.15, 0.2) is 5.65 Å². The molecular formula is C27H31N7O3S. The van der Waals surface area contributed by atoms with E-state index in [1.807, 2.05) is 29.8 Å². The Morgan fingerprint density at radius 3 is 2.68 bits per heavy atom. The molecule has 10 nitrogen and oxygen atoms in total. The van der Waals surface area contributed by atoms with Crippen molar-refractivity contribution in [1.82, 2.24) is 29.8 Å². The number of anilines is 1. The van der Waals surface area contributed by atoms with Crippen molar-refractivity contribution in [2.45, 2.75) is 39.3 Å². The first-order valence-corrected chi connectivity index (χ1v) is 13.7. The zero-order chi connectivity index (χ0) is 26.8. The summed E-state index contributed by atoms with van der Waals surface area (Å²) in [5.74, 6) is -0.678. The first kappa shape index (κ1) is 25.8. The quantitative estimate of drug-likeness (QED) is 0.317. The van der Waals surface area contributed by atoms with Gasteiger partial charge in [-0.25, -0.2) is 19.3 Å². The van der Waals surface area contributed by atoms with E-state index in [0.717, 1.165) is 23.7 Å². The predicted molar refractivity (Wildman–Crippen MR) is 148 cm³/mol. The molecule has 1 fully saturated rings. The Morgan fingerprint density at radius 1 is 1.21 bits per heavy atom. The Bertz CT molecular complexity index is 1450. The summed E-state index contributed by atoms with van der Waals surface area (Å²) in [6.45, 7) is 9.15. The van der Waals surface area contributed by atoms with Crippen LogP contribution in [-0.4, -0.2) is 79.7 Å². The highest BCUT2D eigenvalue weighted by Crippen LogP contribution is 2.31. The van der Waals surface area contributed by atoms with Gasteiger partial charge in [-0.3, -0.25) is 9.69 Å². The Hall–Kier alpha value is -3.83. The Kier molecular flexibility index (Phi) is 7.39. The molecule has 4 aromatic heterocycles.